The van der Waals surface area contributed by atoms with Gasteiger partial charge in [-0.1, -0.05) is 24.3 Å². The summed E-state index contributed by atoms with van der Waals surface area (Å²) in [4.78, 5) is 38.2. The van der Waals surface area contributed by atoms with Gasteiger partial charge in [0.05, 0.1) is 6.61 Å². The molecule has 3 rings (SSSR count). The lowest BCUT2D eigenvalue weighted by Crippen LogP contribution is -2.48. The molecule has 1 saturated heterocycles. The minimum atomic E-state index is -0.300. The van der Waals surface area contributed by atoms with Crippen LogP contribution >= 0.6 is 0 Å². The van der Waals surface area contributed by atoms with Gasteiger partial charge in [-0.05, 0) is 31.7 Å². The lowest BCUT2D eigenvalue weighted by Gasteiger charge is -2.33. The van der Waals surface area contributed by atoms with Crippen LogP contribution in [-0.2, 0) is 16.0 Å². The van der Waals surface area contributed by atoms with Gasteiger partial charge in [0.2, 0.25) is 5.91 Å². The Bertz CT molecular complexity index is 665. The van der Waals surface area contributed by atoms with Crippen molar-refractivity contribution in [1.29, 1.82) is 0 Å². The molecule has 6 heteroatoms. The molecule has 1 N–H and O–H groups in total. The van der Waals surface area contributed by atoms with Crippen molar-refractivity contribution < 1.29 is 19.1 Å². The van der Waals surface area contributed by atoms with Gasteiger partial charge in [0.1, 0.15) is 0 Å². The van der Waals surface area contributed by atoms with Gasteiger partial charge in [0.15, 0.2) is 5.78 Å². The Balaban J connectivity index is 1.52. The van der Waals surface area contributed by atoms with E-state index in [0.717, 1.165) is 11.1 Å². The minimum Gasteiger partial charge on any atom is -0.450 e. The van der Waals surface area contributed by atoms with Crippen LogP contribution in [0.4, 0.5) is 4.79 Å². The van der Waals surface area contributed by atoms with Crippen LogP contribution in [-0.4, -0.2) is 48.4 Å². The molecule has 0 aromatic heterocycles. The fraction of sp³-hybridized carbons (Fsp3) is 0.526. The Morgan fingerprint density at radius 3 is 2.64 bits per heavy atom. The summed E-state index contributed by atoms with van der Waals surface area (Å²) in [7, 11) is 0. The molecule has 0 bridgehead atoms. The average Bonchev–Trinajstić information content (AvgIpc) is 2.62. The van der Waals surface area contributed by atoms with E-state index in [1.54, 1.807) is 11.8 Å². The monoisotopic (exact) mass is 344 g/mol. The number of likely N-dealkylation sites (tertiary alicyclic amines) is 1. The molecule has 1 aliphatic carbocycles. The molecule has 1 aliphatic heterocycles. The second-order valence-corrected chi connectivity index (χ2v) is 6.65. The minimum absolute atomic E-state index is 0.0409. The Hall–Kier alpha value is -2.37. The molecule has 2 amide bonds. The first kappa shape index (κ1) is 17.5. The Morgan fingerprint density at radius 2 is 1.92 bits per heavy atom. The lowest BCUT2D eigenvalue weighted by atomic mass is 9.82. The number of amides is 2. The van der Waals surface area contributed by atoms with Crippen molar-refractivity contribution in [2.45, 2.75) is 38.6 Å². The van der Waals surface area contributed by atoms with E-state index in [2.05, 4.69) is 5.32 Å². The summed E-state index contributed by atoms with van der Waals surface area (Å²) in [6.07, 6.45) is 2.01. The Kier molecular flexibility index (Phi) is 5.36. The number of nitrogens with one attached hydrogen (secondary N) is 1. The zero-order valence-corrected chi connectivity index (χ0v) is 14.5. The fourth-order valence-electron chi connectivity index (χ4n) is 3.57. The molecule has 0 radical (unpaired) electrons. The molecular weight excluding hydrogens is 320 g/mol. The summed E-state index contributed by atoms with van der Waals surface area (Å²) in [5.41, 5.74) is 1.70. The number of ketones is 1. The molecule has 0 spiro atoms. The summed E-state index contributed by atoms with van der Waals surface area (Å²) >= 11 is 0. The number of piperidine rings is 1. The molecule has 134 valence electrons. The molecule has 1 aromatic carbocycles. The highest BCUT2D eigenvalue weighted by atomic mass is 16.6. The third-order valence-electron chi connectivity index (χ3n) is 4.95. The molecule has 25 heavy (non-hydrogen) atoms. The number of rotatable bonds is 3. The molecule has 2 aliphatic rings. The number of hydrogen-bond donors (Lipinski definition) is 1. The van der Waals surface area contributed by atoms with Crippen LogP contribution in [0, 0.1) is 5.92 Å². The highest BCUT2D eigenvalue weighted by molar-refractivity contribution is 6.01. The van der Waals surface area contributed by atoms with Crippen LogP contribution in [0.3, 0.4) is 0 Å². The van der Waals surface area contributed by atoms with Crippen molar-refractivity contribution in [2.75, 3.05) is 19.7 Å². The van der Waals surface area contributed by atoms with Crippen LogP contribution in [0.15, 0.2) is 24.3 Å². The molecule has 1 unspecified atom stereocenters. The highest BCUT2D eigenvalue weighted by Crippen LogP contribution is 2.26. The van der Waals surface area contributed by atoms with Gasteiger partial charge >= 0.3 is 6.09 Å². The standard InChI is InChI=1S/C19H24N2O4/c1-2-25-19(24)21-9-7-15(8-10-21)20-18(23)14-11-13-5-3-4-6-16(13)17(22)12-14/h3-6,14-15H,2,7-12H2,1H3,(H,20,23). The summed E-state index contributed by atoms with van der Waals surface area (Å²) < 4.78 is 5.00. The molecular formula is C19H24N2O4. The van der Waals surface area contributed by atoms with Gasteiger partial charge in [0.25, 0.3) is 0 Å². The Morgan fingerprint density at radius 1 is 1.20 bits per heavy atom. The first-order chi connectivity index (χ1) is 12.1. The summed E-state index contributed by atoms with van der Waals surface area (Å²) in [5, 5.41) is 3.06. The second kappa shape index (κ2) is 7.68. The van der Waals surface area contributed by atoms with E-state index in [4.69, 9.17) is 4.74 Å². The van der Waals surface area contributed by atoms with Crippen molar-refractivity contribution >= 4 is 17.8 Å². The number of carbonyl (C=O) groups excluding carboxylic acids is 3. The number of fused-ring (bicyclic) bond motifs is 1. The van der Waals surface area contributed by atoms with E-state index >= 15 is 0 Å². The number of nitrogens with zero attached hydrogens (tertiary/aromatic N) is 1. The first-order valence-corrected chi connectivity index (χ1v) is 8.91. The summed E-state index contributed by atoms with van der Waals surface area (Å²) in [6.45, 7) is 3.31. The molecule has 1 atom stereocenters. The number of hydrogen-bond acceptors (Lipinski definition) is 4. The zero-order chi connectivity index (χ0) is 17.8. The lowest BCUT2D eigenvalue weighted by molar-refractivity contribution is -0.126. The van der Waals surface area contributed by atoms with E-state index in [1.165, 1.54) is 0 Å². The number of benzene rings is 1. The maximum atomic E-state index is 12.6. The van der Waals surface area contributed by atoms with Crippen molar-refractivity contribution in [2.24, 2.45) is 5.92 Å². The van der Waals surface area contributed by atoms with Gasteiger partial charge in [-0.3, -0.25) is 9.59 Å². The van der Waals surface area contributed by atoms with E-state index in [1.807, 2.05) is 24.3 Å². The van der Waals surface area contributed by atoms with Crippen molar-refractivity contribution in [1.82, 2.24) is 10.2 Å². The van der Waals surface area contributed by atoms with E-state index in [9.17, 15) is 14.4 Å². The third-order valence-corrected chi connectivity index (χ3v) is 4.95. The smallest absolute Gasteiger partial charge is 0.409 e. The normalized spacial score (nSPS) is 20.8. The molecule has 1 aromatic rings. The molecule has 6 nitrogen and oxygen atoms in total. The van der Waals surface area contributed by atoms with Crippen LogP contribution in [0.1, 0.15) is 42.1 Å². The van der Waals surface area contributed by atoms with E-state index in [-0.39, 0.29) is 36.2 Å². The first-order valence-electron chi connectivity index (χ1n) is 8.91. The predicted octanol–water partition coefficient (Wildman–Crippen LogP) is 2.17. The van der Waals surface area contributed by atoms with Gasteiger partial charge in [0, 0.05) is 37.0 Å². The van der Waals surface area contributed by atoms with Crippen molar-refractivity contribution in [3.8, 4) is 0 Å². The van der Waals surface area contributed by atoms with Crippen LogP contribution in [0.5, 0.6) is 0 Å². The third kappa shape index (κ3) is 4.00. The fourth-order valence-corrected chi connectivity index (χ4v) is 3.57. The number of Topliss-reactive ketones (excluding diaryl/α,β-unsaturated/α-hetero) is 1. The van der Waals surface area contributed by atoms with E-state index in [0.29, 0.717) is 39.0 Å². The van der Waals surface area contributed by atoms with Crippen LogP contribution < -0.4 is 5.32 Å². The van der Waals surface area contributed by atoms with Crippen LogP contribution in [0.2, 0.25) is 0 Å². The number of ether oxygens (including phenoxy) is 1. The maximum Gasteiger partial charge on any atom is 0.409 e. The predicted molar refractivity (Wildman–Crippen MR) is 92.3 cm³/mol. The Labute approximate surface area is 147 Å². The second-order valence-electron chi connectivity index (χ2n) is 6.65. The maximum absolute atomic E-state index is 12.6. The number of carbonyl (C=O) groups is 3. The van der Waals surface area contributed by atoms with E-state index < -0.39 is 0 Å². The SMILES string of the molecule is CCOC(=O)N1CCC(NC(=O)C2CC(=O)c3ccccc3C2)CC1. The largest absolute Gasteiger partial charge is 0.450 e. The average molecular weight is 344 g/mol. The van der Waals surface area contributed by atoms with Crippen LogP contribution in [0.25, 0.3) is 0 Å². The van der Waals surface area contributed by atoms with Gasteiger partial charge in [-0.2, -0.15) is 0 Å². The molecule has 0 saturated carbocycles. The zero-order valence-electron chi connectivity index (χ0n) is 14.5. The van der Waals surface area contributed by atoms with Crippen molar-refractivity contribution in [3.63, 3.8) is 0 Å². The quantitative estimate of drug-likeness (QED) is 0.912. The van der Waals surface area contributed by atoms with Crippen molar-refractivity contribution in [3.05, 3.63) is 35.4 Å². The topological polar surface area (TPSA) is 75.7 Å². The summed E-state index contributed by atoms with van der Waals surface area (Å²) in [6, 6.07) is 7.55. The van der Waals surface area contributed by atoms with Gasteiger partial charge in [-0.25, -0.2) is 4.79 Å². The van der Waals surface area contributed by atoms with Gasteiger partial charge < -0.3 is 15.0 Å². The molecule has 1 fully saturated rings. The molecule has 1 heterocycles. The summed E-state index contributed by atoms with van der Waals surface area (Å²) in [5.74, 6) is -0.318. The highest BCUT2D eigenvalue weighted by Gasteiger charge is 2.31. The van der Waals surface area contributed by atoms with Gasteiger partial charge in [-0.15, -0.1) is 0 Å².